The van der Waals surface area contributed by atoms with Crippen LogP contribution in [0.4, 0.5) is 5.13 Å². The Hall–Kier alpha value is -2.49. The predicted molar refractivity (Wildman–Crippen MR) is 106 cm³/mol. The van der Waals surface area contributed by atoms with Gasteiger partial charge in [0.2, 0.25) is 10.0 Å². The number of nitrogens with one attached hydrogen (secondary N) is 1. The van der Waals surface area contributed by atoms with E-state index >= 15 is 0 Å². The number of carbonyl (C=O) groups is 1. The lowest BCUT2D eigenvalue weighted by molar-refractivity contribution is 0.102. The first-order valence-corrected chi connectivity index (χ1v) is 10.3. The number of hydrogen-bond acceptors (Lipinski definition) is 6. The van der Waals surface area contributed by atoms with Crippen LogP contribution in [0, 0.1) is 6.92 Å². The second kappa shape index (κ2) is 7.26. The largest absolute Gasteiger partial charge is 0.494 e. The zero-order valence-electron chi connectivity index (χ0n) is 15.3. The Morgan fingerprint density at radius 1 is 1.15 bits per heavy atom. The van der Waals surface area contributed by atoms with Crippen molar-refractivity contribution in [3.05, 3.63) is 47.5 Å². The third kappa shape index (κ3) is 3.66. The van der Waals surface area contributed by atoms with Crippen molar-refractivity contribution >= 4 is 42.6 Å². The molecule has 0 unspecified atom stereocenters. The summed E-state index contributed by atoms with van der Waals surface area (Å²) in [7, 11) is 0.959. The van der Waals surface area contributed by atoms with E-state index in [4.69, 9.17) is 4.74 Å². The minimum Gasteiger partial charge on any atom is -0.494 e. The van der Waals surface area contributed by atoms with E-state index in [2.05, 4.69) is 10.3 Å². The number of sulfonamides is 1. The number of methoxy groups -OCH3 is 1. The van der Waals surface area contributed by atoms with E-state index in [1.807, 2.05) is 19.1 Å². The second-order valence-corrected chi connectivity index (χ2v) is 9.20. The van der Waals surface area contributed by atoms with Crippen LogP contribution in [0.3, 0.4) is 0 Å². The van der Waals surface area contributed by atoms with E-state index in [-0.39, 0.29) is 10.8 Å². The SMILES string of the molecule is COc1ccc(C)c2sc(NC(=O)c3ccc(S(=O)(=O)N(C)C)cc3)nc12. The Kier molecular flexibility index (Phi) is 5.18. The van der Waals surface area contributed by atoms with Gasteiger partial charge in [-0.25, -0.2) is 17.7 Å². The molecule has 0 aliphatic rings. The second-order valence-electron chi connectivity index (χ2n) is 6.05. The molecule has 0 bridgehead atoms. The van der Waals surface area contributed by atoms with Gasteiger partial charge >= 0.3 is 0 Å². The molecule has 0 spiro atoms. The number of aromatic nitrogens is 1. The summed E-state index contributed by atoms with van der Waals surface area (Å²) in [5.41, 5.74) is 2.09. The van der Waals surface area contributed by atoms with Crippen molar-refractivity contribution in [3.63, 3.8) is 0 Å². The van der Waals surface area contributed by atoms with Crippen LogP contribution in [0.1, 0.15) is 15.9 Å². The molecule has 27 heavy (non-hydrogen) atoms. The van der Waals surface area contributed by atoms with Gasteiger partial charge in [0.05, 0.1) is 16.7 Å². The standard InChI is InChI=1S/C18H19N3O4S2/c1-11-5-10-14(25-4)15-16(11)26-18(19-15)20-17(22)12-6-8-13(9-7-12)27(23,24)21(2)3/h5-10H,1-4H3,(H,19,20,22). The van der Waals surface area contributed by atoms with Crippen LogP contribution < -0.4 is 10.1 Å². The summed E-state index contributed by atoms with van der Waals surface area (Å²) in [5.74, 6) is 0.282. The summed E-state index contributed by atoms with van der Waals surface area (Å²) in [6.07, 6.45) is 0. The minimum atomic E-state index is -3.53. The summed E-state index contributed by atoms with van der Waals surface area (Å²) >= 11 is 1.36. The molecule has 1 aromatic heterocycles. The zero-order valence-corrected chi connectivity index (χ0v) is 16.9. The van der Waals surface area contributed by atoms with Crippen molar-refractivity contribution in [2.24, 2.45) is 0 Å². The first-order valence-electron chi connectivity index (χ1n) is 8.02. The Balaban J connectivity index is 1.86. The van der Waals surface area contributed by atoms with Crippen molar-refractivity contribution in [2.45, 2.75) is 11.8 Å². The first kappa shape index (κ1) is 19.3. The lowest BCUT2D eigenvalue weighted by Crippen LogP contribution is -2.22. The van der Waals surface area contributed by atoms with Crippen molar-refractivity contribution in [1.82, 2.24) is 9.29 Å². The number of benzene rings is 2. The van der Waals surface area contributed by atoms with Gasteiger partial charge < -0.3 is 4.74 Å². The molecule has 0 fully saturated rings. The third-order valence-electron chi connectivity index (χ3n) is 4.04. The molecule has 3 aromatic rings. The highest BCUT2D eigenvalue weighted by molar-refractivity contribution is 7.89. The van der Waals surface area contributed by atoms with Crippen LogP contribution in [0.15, 0.2) is 41.3 Å². The Labute approximate surface area is 161 Å². The monoisotopic (exact) mass is 405 g/mol. The highest BCUT2D eigenvalue weighted by Crippen LogP contribution is 2.34. The molecular weight excluding hydrogens is 386 g/mol. The molecule has 3 rings (SSSR count). The Bertz CT molecular complexity index is 1100. The number of aryl methyl sites for hydroxylation is 1. The fraction of sp³-hybridized carbons (Fsp3) is 0.222. The smallest absolute Gasteiger partial charge is 0.257 e. The number of rotatable bonds is 5. The number of amides is 1. The molecule has 0 aliphatic heterocycles. The molecule has 142 valence electrons. The fourth-order valence-corrected chi connectivity index (χ4v) is 4.33. The summed E-state index contributed by atoms with van der Waals surface area (Å²) in [4.78, 5) is 17.1. The molecule has 2 aromatic carbocycles. The lowest BCUT2D eigenvalue weighted by Gasteiger charge is -2.11. The van der Waals surface area contributed by atoms with E-state index in [0.717, 1.165) is 14.6 Å². The highest BCUT2D eigenvalue weighted by Gasteiger charge is 2.18. The van der Waals surface area contributed by atoms with Crippen LogP contribution >= 0.6 is 11.3 Å². The van der Waals surface area contributed by atoms with Gasteiger partial charge in [0.1, 0.15) is 11.3 Å². The molecule has 0 saturated carbocycles. The van der Waals surface area contributed by atoms with Gasteiger partial charge in [0.25, 0.3) is 5.91 Å². The topological polar surface area (TPSA) is 88.6 Å². The minimum absolute atomic E-state index is 0.129. The molecule has 0 radical (unpaired) electrons. The number of fused-ring (bicyclic) bond motifs is 1. The molecule has 1 amide bonds. The maximum Gasteiger partial charge on any atom is 0.257 e. The number of anilines is 1. The Morgan fingerprint density at radius 2 is 1.81 bits per heavy atom. The average molecular weight is 406 g/mol. The molecule has 9 heteroatoms. The van der Waals surface area contributed by atoms with E-state index in [0.29, 0.717) is 22.0 Å². The first-order chi connectivity index (χ1) is 12.7. The van der Waals surface area contributed by atoms with Crippen LogP contribution in [0.2, 0.25) is 0 Å². The van der Waals surface area contributed by atoms with Crippen LogP contribution in [0.25, 0.3) is 10.2 Å². The molecule has 1 heterocycles. The van der Waals surface area contributed by atoms with Crippen LogP contribution in [-0.4, -0.2) is 44.8 Å². The molecule has 0 saturated heterocycles. The normalized spacial score (nSPS) is 11.7. The van der Waals surface area contributed by atoms with Crippen LogP contribution in [0.5, 0.6) is 5.75 Å². The summed E-state index contributed by atoms with van der Waals surface area (Å²) in [5, 5.41) is 3.21. The third-order valence-corrected chi connectivity index (χ3v) is 6.97. The quantitative estimate of drug-likeness (QED) is 0.705. The molecular formula is C18H19N3O4S2. The molecule has 7 nitrogen and oxygen atoms in total. The molecule has 0 aliphatic carbocycles. The number of carbonyl (C=O) groups excluding carboxylic acids is 1. The van der Waals surface area contributed by atoms with Crippen LogP contribution in [-0.2, 0) is 10.0 Å². The van der Waals surface area contributed by atoms with Gasteiger partial charge in [-0.3, -0.25) is 10.1 Å². The van der Waals surface area contributed by atoms with E-state index < -0.39 is 10.0 Å². The maximum absolute atomic E-state index is 12.5. The van der Waals surface area contributed by atoms with Gasteiger partial charge in [-0.15, -0.1) is 0 Å². The highest BCUT2D eigenvalue weighted by atomic mass is 32.2. The van der Waals surface area contributed by atoms with Crippen molar-refractivity contribution in [1.29, 1.82) is 0 Å². The van der Waals surface area contributed by atoms with E-state index in [9.17, 15) is 13.2 Å². The number of ether oxygens (including phenoxy) is 1. The van der Waals surface area contributed by atoms with Gasteiger partial charge in [-0.1, -0.05) is 17.4 Å². The maximum atomic E-state index is 12.5. The van der Waals surface area contributed by atoms with Crippen molar-refractivity contribution < 1.29 is 17.9 Å². The van der Waals surface area contributed by atoms with Gasteiger partial charge in [0.15, 0.2) is 5.13 Å². The lowest BCUT2D eigenvalue weighted by atomic mass is 10.2. The van der Waals surface area contributed by atoms with E-state index in [1.54, 1.807) is 7.11 Å². The fourth-order valence-electron chi connectivity index (χ4n) is 2.49. The molecule has 0 atom stereocenters. The zero-order chi connectivity index (χ0) is 19.8. The molecule has 1 N–H and O–H groups in total. The summed E-state index contributed by atoms with van der Waals surface area (Å²) < 4.78 is 31.6. The van der Waals surface area contributed by atoms with E-state index in [1.165, 1.54) is 49.7 Å². The van der Waals surface area contributed by atoms with Gasteiger partial charge in [-0.05, 0) is 42.8 Å². The Morgan fingerprint density at radius 3 is 2.41 bits per heavy atom. The van der Waals surface area contributed by atoms with Crippen molar-refractivity contribution in [2.75, 3.05) is 26.5 Å². The summed E-state index contributed by atoms with van der Waals surface area (Å²) in [6, 6.07) is 9.56. The summed E-state index contributed by atoms with van der Waals surface area (Å²) in [6.45, 7) is 1.97. The van der Waals surface area contributed by atoms with Gasteiger partial charge in [-0.2, -0.15) is 0 Å². The average Bonchev–Trinajstić information content (AvgIpc) is 3.06. The number of hydrogen-bond donors (Lipinski definition) is 1. The van der Waals surface area contributed by atoms with Gasteiger partial charge in [0, 0.05) is 19.7 Å². The van der Waals surface area contributed by atoms with Crippen molar-refractivity contribution in [3.8, 4) is 5.75 Å². The number of nitrogens with zero attached hydrogens (tertiary/aromatic N) is 2. The predicted octanol–water partition coefficient (Wildman–Crippen LogP) is 3.12. The number of thiazole rings is 1.